The van der Waals surface area contributed by atoms with E-state index >= 15 is 0 Å². The predicted octanol–water partition coefficient (Wildman–Crippen LogP) is -0.218. The third-order valence-corrected chi connectivity index (χ3v) is 4.90. The minimum Gasteiger partial charge on any atom is -0.354 e. The van der Waals surface area contributed by atoms with E-state index in [-0.39, 0.29) is 15.4 Å². The molecule has 1 heterocycles. The highest BCUT2D eigenvalue weighted by Gasteiger charge is 2.26. The Labute approximate surface area is 120 Å². The number of anilines is 1. The summed E-state index contributed by atoms with van der Waals surface area (Å²) in [6, 6.07) is -0.622. The van der Waals surface area contributed by atoms with E-state index in [1.54, 1.807) is 6.92 Å². The molecule has 1 aromatic rings. The van der Waals surface area contributed by atoms with Crippen LogP contribution >= 0.6 is 11.3 Å². The van der Waals surface area contributed by atoms with Gasteiger partial charge in [-0.2, -0.15) is 0 Å². The van der Waals surface area contributed by atoms with Gasteiger partial charge in [0, 0.05) is 21.1 Å². The molecule has 20 heavy (non-hydrogen) atoms. The first-order valence-corrected chi connectivity index (χ1v) is 7.79. The summed E-state index contributed by atoms with van der Waals surface area (Å²) in [6.07, 6.45) is -0.729. The summed E-state index contributed by atoms with van der Waals surface area (Å²) < 4.78 is 36.1. The molecule has 0 aliphatic carbocycles. The van der Waals surface area contributed by atoms with Gasteiger partial charge in [0.25, 0.3) is 10.0 Å². The Morgan fingerprint density at radius 2 is 1.90 bits per heavy atom. The topological polar surface area (TPSA) is 120 Å². The van der Waals surface area contributed by atoms with Gasteiger partial charge in [-0.15, -0.1) is 10.2 Å². The van der Waals surface area contributed by atoms with Gasteiger partial charge in [0.05, 0.1) is 6.04 Å². The zero-order chi connectivity index (χ0) is 15.3. The lowest BCUT2D eigenvalue weighted by molar-refractivity contribution is -0.115. The van der Waals surface area contributed by atoms with E-state index in [0.29, 0.717) is 0 Å². The van der Waals surface area contributed by atoms with Gasteiger partial charge in [0.15, 0.2) is 6.29 Å². The number of hydrogen-bond acceptors (Lipinski definition) is 8. The molecule has 0 aliphatic rings. The number of nitrogens with zero attached hydrogens (tertiary/aromatic N) is 2. The van der Waals surface area contributed by atoms with E-state index in [4.69, 9.17) is 9.47 Å². The first kappa shape index (κ1) is 16.9. The quantitative estimate of drug-likeness (QED) is 0.525. The molecule has 1 rings (SSSR count). The number of ether oxygens (including phenoxy) is 2. The number of sulfonamides is 1. The Balaban J connectivity index is 2.83. The van der Waals surface area contributed by atoms with Crippen molar-refractivity contribution in [3.8, 4) is 0 Å². The van der Waals surface area contributed by atoms with E-state index in [9.17, 15) is 13.2 Å². The van der Waals surface area contributed by atoms with Crippen LogP contribution in [-0.4, -0.2) is 51.1 Å². The predicted molar refractivity (Wildman–Crippen MR) is 71.8 cm³/mol. The number of carbonyl (C=O) groups excluding carboxylic acids is 1. The van der Waals surface area contributed by atoms with Crippen LogP contribution in [0.2, 0.25) is 0 Å². The number of nitrogens with one attached hydrogen (secondary N) is 2. The Morgan fingerprint density at radius 1 is 1.30 bits per heavy atom. The van der Waals surface area contributed by atoms with Crippen molar-refractivity contribution in [2.24, 2.45) is 0 Å². The van der Waals surface area contributed by atoms with Gasteiger partial charge in [-0.1, -0.05) is 11.3 Å². The van der Waals surface area contributed by atoms with Gasteiger partial charge < -0.3 is 14.8 Å². The third-order valence-electron chi connectivity index (χ3n) is 2.13. The smallest absolute Gasteiger partial charge is 0.270 e. The number of hydrogen-bond donors (Lipinski definition) is 2. The monoisotopic (exact) mass is 324 g/mol. The fraction of sp³-hybridized carbons (Fsp3) is 0.667. The number of amides is 1. The molecule has 11 heteroatoms. The van der Waals surface area contributed by atoms with Crippen molar-refractivity contribution in [3.63, 3.8) is 0 Å². The second-order valence-electron chi connectivity index (χ2n) is 3.80. The molecular formula is C9H16N4O5S2. The highest BCUT2D eigenvalue weighted by atomic mass is 32.2. The van der Waals surface area contributed by atoms with E-state index in [0.717, 1.165) is 11.3 Å². The zero-order valence-electron chi connectivity index (χ0n) is 11.4. The van der Waals surface area contributed by atoms with Crippen LogP contribution in [0.15, 0.2) is 4.34 Å². The number of methoxy groups -OCH3 is 2. The van der Waals surface area contributed by atoms with Crippen molar-refractivity contribution >= 4 is 32.4 Å². The van der Waals surface area contributed by atoms with E-state index in [1.165, 1.54) is 21.1 Å². The molecule has 0 radical (unpaired) electrons. The molecule has 1 amide bonds. The molecule has 1 aromatic heterocycles. The zero-order valence-corrected chi connectivity index (χ0v) is 13.0. The molecule has 0 saturated heterocycles. The van der Waals surface area contributed by atoms with Crippen LogP contribution in [0, 0.1) is 0 Å². The molecule has 9 nitrogen and oxygen atoms in total. The van der Waals surface area contributed by atoms with Crippen molar-refractivity contribution in [1.82, 2.24) is 14.9 Å². The number of aromatic nitrogens is 2. The second-order valence-corrected chi connectivity index (χ2v) is 6.67. The summed E-state index contributed by atoms with van der Waals surface area (Å²) in [7, 11) is -1.05. The lowest BCUT2D eigenvalue weighted by Crippen LogP contribution is -2.42. The fourth-order valence-corrected chi connectivity index (χ4v) is 3.57. The molecule has 0 aromatic carbocycles. The molecule has 0 saturated carbocycles. The summed E-state index contributed by atoms with van der Waals surface area (Å²) in [6.45, 7) is 2.88. The van der Waals surface area contributed by atoms with Crippen molar-refractivity contribution in [3.05, 3.63) is 0 Å². The number of carbonyl (C=O) groups is 1. The second kappa shape index (κ2) is 7.04. The standard InChI is InChI=1S/C9H16N4O5S2/c1-5(7(17-3)18-4)13-20(15,16)9-12-11-8(19-9)10-6(2)14/h5,7,13H,1-4H3,(H,10,11,14). The summed E-state index contributed by atoms with van der Waals surface area (Å²) in [5.41, 5.74) is 0. The molecule has 114 valence electrons. The normalized spacial score (nSPS) is 13.4. The van der Waals surface area contributed by atoms with Crippen LogP contribution in [-0.2, 0) is 24.3 Å². The van der Waals surface area contributed by atoms with Crippen molar-refractivity contribution in [2.45, 2.75) is 30.5 Å². The molecule has 0 aliphatic heterocycles. The highest BCUT2D eigenvalue weighted by Crippen LogP contribution is 2.20. The van der Waals surface area contributed by atoms with Gasteiger partial charge in [0.2, 0.25) is 15.4 Å². The highest BCUT2D eigenvalue weighted by molar-refractivity contribution is 7.91. The Kier molecular flexibility index (Phi) is 5.95. The molecule has 1 atom stereocenters. The fourth-order valence-electron chi connectivity index (χ4n) is 1.37. The first-order chi connectivity index (χ1) is 9.30. The van der Waals surface area contributed by atoms with Gasteiger partial charge in [-0.3, -0.25) is 4.79 Å². The number of rotatable bonds is 7. The van der Waals surface area contributed by atoms with Crippen LogP contribution < -0.4 is 10.0 Å². The van der Waals surface area contributed by atoms with E-state index in [1.807, 2.05) is 0 Å². The van der Waals surface area contributed by atoms with Crippen molar-refractivity contribution in [1.29, 1.82) is 0 Å². The van der Waals surface area contributed by atoms with Crippen LogP contribution in [0.5, 0.6) is 0 Å². The minimum atomic E-state index is -3.86. The average molecular weight is 324 g/mol. The Bertz CT molecular complexity index is 554. The maximum Gasteiger partial charge on any atom is 0.270 e. The summed E-state index contributed by atoms with van der Waals surface area (Å²) in [5, 5.41) is 9.57. The molecule has 0 bridgehead atoms. The van der Waals surface area contributed by atoms with E-state index < -0.39 is 22.4 Å². The van der Waals surface area contributed by atoms with Crippen LogP contribution in [0.3, 0.4) is 0 Å². The molecule has 0 fully saturated rings. The Morgan fingerprint density at radius 3 is 2.40 bits per heavy atom. The van der Waals surface area contributed by atoms with E-state index in [2.05, 4.69) is 20.2 Å². The lowest BCUT2D eigenvalue weighted by Gasteiger charge is -2.21. The summed E-state index contributed by atoms with van der Waals surface area (Å²) in [5.74, 6) is -0.356. The summed E-state index contributed by atoms with van der Waals surface area (Å²) >= 11 is 0.751. The van der Waals surface area contributed by atoms with Gasteiger partial charge >= 0.3 is 0 Å². The van der Waals surface area contributed by atoms with Crippen LogP contribution in [0.25, 0.3) is 0 Å². The van der Waals surface area contributed by atoms with Crippen LogP contribution in [0.1, 0.15) is 13.8 Å². The first-order valence-electron chi connectivity index (χ1n) is 5.49. The largest absolute Gasteiger partial charge is 0.354 e. The maximum atomic E-state index is 12.1. The molecule has 2 N–H and O–H groups in total. The molecule has 0 spiro atoms. The summed E-state index contributed by atoms with van der Waals surface area (Å²) in [4.78, 5) is 10.8. The van der Waals surface area contributed by atoms with Gasteiger partial charge in [-0.25, -0.2) is 13.1 Å². The average Bonchev–Trinajstić information content (AvgIpc) is 2.78. The van der Waals surface area contributed by atoms with Gasteiger partial charge in [0.1, 0.15) is 0 Å². The van der Waals surface area contributed by atoms with Crippen molar-refractivity contribution in [2.75, 3.05) is 19.5 Å². The lowest BCUT2D eigenvalue weighted by atomic mass is 10.3. The Hall–Kier alpha value is -1.14. The van der Waals surface area contributed by atoms with Crippen molar-refractivity contribution < 1.29 is 22.7 Å². The SMILES string of the molecule is COC(OC)C(C)NS(=O)(=O)c1nnc(NC(C)=O)s1. The van der Waals surface area contributed by atoms with Gasteiger partial charge in [-0.05, 0) is 6.92 Å². The third kappa shape index (κ3) is 4.45. The van der Waals surface area contributed by atoms with Crippen LogP contribution in [0.4, 0.5) is 5.13 Å². The molecule has 1 unspecified atom stereocenters. The molecular weight excluding hydrogens is 308 g/mol. The maximum absolute atomic E-state index is 12.1. The minimum absolute atomic E-state index is 0.112.